The van der Waals surface area contributed by atoms with E-state index in [-0.39, 0.29) is 63.3 Å². The van der Waals surface area contributed by atoms with Crippen LogP contribution in [0.25, 0.3) is 0 Å². The number of esters is 1. The predicted molar refractivity (Wildman–Crippen MR) is 222 cm³/mol. The SMILES string of the molecule is Cc1ccc(S(=O)(=O)NCCCC[C@@](N)(C(=O)N[C@@H](Cc2ccccc2)C(=O)N[C@H](C=O)CCCCNC(=O)OCc2ccccc2)C(=O)OCc2ccccc2)cc1. The summed E-state index contributed by atoms with van der Waals surface area (Å²) in [4.78, 5) is 65.8. The van der Waals surface area contributed by atoms with E-state index in [1.54, 1.807) is 72.8 Å². The molecular weight excluding hydrogens is 775 g/mol. The monoisotopic (exact) mass is 827 g/mol. The van der Waals surface area contributed by atoms with Crippen molar-refractivity contribution in [1.29, 1.82) is 0 Å². The molecule has 0 heterocycles. The van der Waals surface area contributed by atoms with Crippen LogP contribution in [-0.4, -0.2) is 69.3 Å². The van der Waals surface area contributed by atoms with Crippen molar-refractivity contribution in [3.05, 3.63) is 138 Å². The predicted octanol–water partition coefficient (Wildman–Crippen LogP) is 4.39. The molecule has 0 unspecified atom stereocenters. The number of hydrogen-bond acceptors (Lipinski definition) is 10. The van der Waals surface area contributed by atoms with Crippen LogP contribution in [0.1, 0.15) is 60.8 Å². The summed E-state index contributed by atoms with van der Waals surface area (Å²) in [6.07, 6.45) is 1.39. The number of nitrogens with one attached hydrogen (secondary N) is 4. The summed E-state index contributed by atoms with van der Waals surface area (Å²) < 4.78 is 38.9. The van der Waals surface area contributed by atoms with Crippen molar-refractivity contribution in [2.24, 2.45) is 5.73 Å². The molecule has 59 heavy (non-hydrogen) atoms. The first-order valence-corrected chi connectivity index (χ1v) is 21.0. The molecule has 0 spiro atoms. The molecule has 14 nitrogen and oxygen atoms in total. The number of sulfonamides is 1. The van der Waals surface area contributed by atoms with Gasteiger partial charge >= 0.3 is 12.1 Å². The summed E-state index contributed by atoms with van der Waals surface area (Å²) in [6.45, 7) is 2.11. The van der Waals surface area contributed by atoms with E-state index >= 15 is 0 Å². The molecule has 0 aromatic heterocycles. The van der Waals surface area contributed by atoms with Crippen molar-refractivity contribution in [3.8, 4) is 0 Å². The third kappa shape index (κ3) is 15.4. The van der Waals surface area contributed by atoms with Crippen molar-refractivity contribution in [2.75, 3.05) is 13.1 Å². The van der Waals surface area contributed by atoms with Crippen LogP contribution < -0.4 is 26.4 Å². The number of aldehydes is 1. The number of benzene rings is 4. The van der Waals surface area contributed by atoms with Gasteiger partial charge in [0.2, 0.25) is 15.9 Å². The molecule has 0 aliphatic rings. The van der Waals surface area contributed by atoms with Gasteiger partial charge in [-0.25, -0.2) is 22.7 Å². The summed E-state index contributed by atoms with van der Waals surface area (Å²) >= 11 is 0. The van der Waals surface area contributed by atoms with E-state index in [4.69, 9.17) is 15.2 Å². The van der Waals surface area contributed by atoms with Crippen LogP contribution in [0.15, 0.2) is 120 Å². The molecule has 314 valence electrons. The maximum atomic E-state index is 14.1. The van der Waals surface area contributed by atoms with Crippen molar-refractivity contribution >= 4 is 40.2 Å². The zero-order valence-corrected chi connectivity index (χ0v) is 34.0. The summed E-state index contributed by atoms with van der Waals surface area (Å²) in [5, 5.41) is 8.01. The van der Waals surface area contributed by atoms with Crippen LogP contribution >= 0.6 is 0 Å². The first-order valence-electron chi connectivity index (χ1n) is 19.5. The lowest BCUT2D eigenvalue weighted by Gasteiger charge is -2.29. The number of amides is 3. The first-order chi connectivity index (χ1) is 28.4. The lowest BCUT2D eigenvalue weighted by atomic mass is 9.91. The first kappa shape index (κ1) is 45.8. The highest BCUT2D eigenvalue weighted by Gasteiger charge is 2.44. The maximum absolute atomic E-state index is 14.1. The molecule has 0 aliphatic heterocycles. The average Bonchev–Trinajstić information content (AvgIpc) is 3.24. The Bertz CT molecular complexity index is 2050. The standard InChI is InChI=1S/C44H53N5O9S/c1-33-22-24-38(25-23-33)59(55,56)47-28-14-12-26-44(45,42(53)57-31-35-17-7-3-8-18-35)41(52)49-39(29-34-15-5-2-6-16-34)40(51)48-37(30-50)21-11-13-27-46-43(54)58-32-36-19-9-4-10-20-36/h2-10,15-20,22-25,30,37,39,47H,11-14,21,26-29,31-32,45H2,1H3,(H,46,54)(H,48,51)(H,49,52)/t37-,39-,44+/m0/s1. The quantitative estimate of drug-likeness (QED) is 0.0291. The van der Waals surface area contributed by atoms with Gasteiger partial charge in [-0.1, -0.05) is 109 Å². The van der Waals surface area contributed by atoms with E-state index in [0.29, 0.717) is 30.3 Å². The van der Waals surface area contributed by atoms with Gasteiger partial charge in [0, 0.05) is 19.5 Å². The number of alkyl carbamates (subject to hydrolysis) is 1. The lowest BCUT2D eigenvalue weighted by molar-refractivity contribution is -0.157. The normalized spacial score (nSPS) is 13.2. The largest absolute Gasteiger partial charge is 0.459 e. The molecule has 6 N–H and O–H groups in total. The van der Waals surface area contributed by atoms with E-state index in [0.717, 1.165) is 11.1 Å². The van der Waals surface area contributed by atoms with Gasteiger partial charge in [0.05, 0.1) is 10.9 Å². The number of hydrogen-bond donors (Lipinski definition) is 5. The van der Waals surface area contributed by atoms with Crippen LogP contribution in [0.3, 0.4) is 0 Å². The van der Waals surface area contributed by atoms with Gasteiger partial charge in [-0.2, -0.15) is 0 Å². The highest BCUT2D eigenvalue weighted by Crippen LogP contribution is 2.18. The Morgan fingerprint density at radius 3 is 1.86 bits per heavy atom. The van der Waals surface area contributed by atoms with Crippen molar-refractivity contribution in [1.82, 2.24) is 20.7 Å². The average molecular weight is 828 g/mol. The molecule has 0 saturated heterocycles. The van der Waals surface area contributed by atoms with Gasteiger partial charge in [0.25, 0.3) is 5.91 Å². The van der Waals surface area contributed by atoms with E-state index in [9.17, 15) is 32.4 Å². The highest BCUT2D eigenvalue weighted by atomic mass is 32.2. The Balaban J connectivity index is 1.38. The minimum atomic E-state index is -3.80. The van der Waals surface area contributed by atoms with E-state index < -0.39 is 51.5 Å². The molecule has 4 rings (SSSR count). The molecule has 0 radical (unpaired) electrons. The van der Waals surface area contributed by atoms with Crippen LogP contribution in [-0.2, 0) is 58.3 Å². The number of aryl methyl sites for hydroxylation is 1. The van der Waals surface area contributed by atoms with Crippen molar-refractivity contribution < 1.29 is 41.9 Å². The van der Waals surface area contributed by atoms with E-state index in [1.807, 2.05) is 37.3 Å². The second-order valence-corrected chi connectivity index (χ2v) is 15.9. The second kappa shape index (κ2) is 23.5. The van der Waals surface area contributed by atoms with Gasteiger partial charge in [0.1, 0.15) is 25.5 Å². The molecule has 0 aliphatic carbocycles. The van der Waals surface area contributed by atoms with Crippen LogP contribution in [0.4, 0.5) is 4.79 Å². The molecule has 3 amide bonds. The summed E-state index contributed by atoms with van der Waals surface area (Å²) in [5.74, 6) is -2.67. The Morgan fingerprint density at radius 2 is 1.27 bits per heavy atom. The molecular formula is C44H53N5O9S. The molecule has 0 fully saturated rings. The fraction of sp³-hybridized carbons (Fsp3) is 0.341. The van der Waals surface area contributed by atoms with Crippen LogP contribution in [0, 0.1) is 6.92 Å². The molecule has 3 atom stereocenters. The number of ether oxygens (including phenoxy) is 2. The Kier molecular flexibility index (Phi) is 18.2. The summed E-state index contributed by atoms with van der Waals surface area (Å²) in [6, 6.07) is 31.2. The molecule has 15 heteroatoms. The molecule has 4 aromatic rings. The lowest BCUT2D eigenvalue weighted by Crippen LogP contribution is -2.63. The summed E-state index contributed by atoms with van der Waals surface area (Å²) in [7, 11) is -3.80. The topological polar surface area (TPSA) is 212 Å². The zero-order valence-electron chi connectivity index (χ0n) is 33.1. The minimum Gasteiger partial charge on any atom is -0.459 e. The number of rotatable bonds is 24. The molecule has 0 bridgehead atoms. The molecule has 0 saturated carbocycles. The Labute approximate surface area is 345 Å². The number of carbonyl (C=O) groups excluding carboxylic acids is 5. The van der Waals surface area contributed by atoms with Crippen LogP contribution in [0.2, 0.25) is 0 Å². The fourth-order valence-electron chi connectivity index (χ4n) is 5.95. The fourth-order valence-corrected chi connectivity index (χ4v) is 7.03. The second-order valence-electron chi connectivity index (χ2n) is 14.2. The number of unbranched alkanes of at least 4 members (excludes halogenated alkanes) is 2. The minimum absolute atomic E-state index is 0.00744. The third-order valence-corrected chi connectivity index (χ3v) is 10.9. The van der Waals surface area contributed by atoms with Crippen molar-refractivity contribution in [3.63, 3.8) is 0 Å². The van der Waals surface area contributed by atoms with Gasteiger partial charge in [-0.05, 0) is 74.3 Å². The van der Waals surface area contributed by atoms with Gasteiger partial charge in [-0.15, -0.1) is 0 Å². The Hall–Kier alpha value is -5.90. The van der Waals surface area contributed by atoms with Gasteiger partial charge in [0.15, 0.2) is 5.54 Å². The zero-order chi connectivity index (χ0) is 42.5. The number of nitrogens with two attached hydrogens (primary N) is 1. The Morgan fingerprint density at radius 1 is 0.712 bits per heavy atom. The van der Waals surface area contributed by atoms with Crippen molar-refractivity contribution in [2.45, 2.75) is 87.6 Å². The molecule has 4 aromatic carbocycles. The maximum Gasteiger partial charge on any atom is 0.407 e. The highest BCUT2D eigenvalue weighted by molar-refractivity contribution is 7.89. The van der Waals surface area contributed by atoms with Crippen LogP contribution in [0.5, 0.6) is 0 Å². The summed E-state index contributed by atoms with van der Waals surface area (Å²) in [5.41, 5.74) is 7.45. The van der Waals surface area contributed by atoms with E-state index in [1.165, 1.54) is 12.1 Å². The van der Waals surface area contributed by atoms with Gasteiger partial charge in [-0.3, -0.25) is 9.59 Å². The van der Waals surface area contributed by atoms with Gasteiger partial charge < -0.3 is 36.0 Å². The smallest absolute Gasteiger partial charge is 0.407 e. The number of carbonyl (C=O) groups is 5. The van der Waals surface area contributed by atoms with E-state index in [2.05, 4.69) is 20.7 Å². The third-order valence-electron chi connectivity index (χ3n) is 9.42.